The van der Waals surface area contributed by atoms with Crippen LogP contribution in [-0.4, -0.2) is 16.2 Å². The minimum atomic E-state index is -4.54. The standard InChI is InChI=1S/C21H19Cl2F3O2/c1-13(20(3,23)14(2)22)18-10-9-17(21(24,25)26)11-16(18)12-28-19(27)15-7-5-4-6-8-15/h4-11,14H,1,12H2,2-3H3/t14-,20?/m0/s1. The van der Waals surface area contributed by atoms with Crippen LogP contribution in [0, 0.1) is 0 Å². The van der Waals surface area contributed by atoms with Crippen molar-refractivity contribution in [1.82, 2.24) is 0 Å². The highest BCUT2D eigenvalue weighted by Crippen LogP contribution is 2.40. The van der Waals surface area contributed by atoms with Gasteiger partial charge < -0.3 is 4.74 Å². The molecule has 28 heavy (non-hydrogen) atoms. The van der Waals surface area contributed by atoms with Crippen LogP contribution in [0.5, 0.6) is 0 Å². The monoisotopic (exact) mass is 430 g/mol. The molecule has 0 aromatic heterocycles. The van der Waals surface area contributed by atoms with Crippen LogP contribution in [0.15, 0.2) is 55.1 Å². The first-order chi connectivity index (χ1) is 12.9. The molecule has 2 nitrogen and oxygen atoms in total. The average Bonchev–Trinajstić information content (AvgIpc) is 2.65. The van der Waals surface area contributed by atoms with Crippen LogP contribution in [0.3, 0.4) is 0 Å². The quantitative estimate of drug-likeness (QED) is 0.376. The Morgan fingerprint density at radius 3 is 2.32 bits per heavy atom. The molecule has 150 valence electrons. The van der Waals surface area contributed by atoms with E-state index in [-0.39, 0.29) is 12.2 Å². The number of hydrogen-bond donors (Lipinski definition) is 0. The smallest absolute Gasteiger partial charge is 0.416 e. The molecule has 0 spiro atoms. The van der Waals surface area contributed by atoms with Gasteiger partial charge in [-0.05, 0) is 54.8 Å². The number of hydrogen-bond acceptors (Lipinski definition) is 2. The fourth-order valence-electron chi connectivity index (χ4n) is 2.49. The highest BCUT2D eigenvalue weighted by atomic mass is 35.5. The Hall–Kier alpha value is -1.98. The van der Waals surface area contributed by atoms with Gasteiger partial charge >= 0.3 is 12.1 Å². The fourth-order valence-corrected chi connectivity index (χ4v) is 2.72. The lowest BCUT2D eigenvalue weighted by molar-refractivity contribution is -0.137. The second-order valence-electron chi connectivity index (χ2n) is 6.48. The van der Waals surface area contributed by atoms with Crippen molar-refractivity contribution < 1.29 is 22.7 Å². The van der Waals surface area contributed by atoms with E-state index in [0.29, 0.717) is 16.7 Å². The Balaban J connectivity index is 2.38. The number of esters is 1. The third kappa shape index (κ3) is 5.09. The third-order valence-electron chi connectivity index (χ3n) is 4.46. The molecule has 0 aliphatic heterocycles. The second-order valence-corrected chi connectivity index (χ2v) is 7.92. The number of benzene rings is 2. The van der Waals surface area contributed by atoms with E-state index in [9.17, 15) is 18.0 Å². The van der Waals surface area contributed by atoms with E-state index in [1.54, 1.807) is 44.2 Å². The molecule has 2 rings (SSSR count). The summed E-state index contributed by atoms with van der Waals surface area (Å²) in [6.07, 6.45) is -4.54. The van der Waals surface area contributed by atoms with Crippen molar-refractivity contribution in [1.29, 1.82) is 0 Å². The largest absolute Gasteiger partial charge is 0.457 e. The predicted molar refractivity (Wildman–Crippen MR) is 106 cm³/mol. The van der Waals surface area contributed by atoms with Crippen LogP contribution in [0.4, 0.5) is 13.2 Å². The van der Waals surface area contributed by atoms with E-state index in [1.807, 2.05) is 0 Å². The lowest BCUT2D eigenvalue weighted by Gasteiger charge is -2.29. The first-order valence-electron chi connectivity index (χ1n) is 8.39. The maximum atomic E-state index is 13.1. The average molecular weight is 431 g/mol. The summed E-state index contributed by atoms with van der Waals surface area (Å²) in [5.74, 6) is -0.645. The Bertz CT molecular complexity index is 860. The van der Waals surface area contributed by atoms with Crippen LogP contribution in [-0.2, 0) is 17.5 Å². The van der Waals surface area contributed by atoms with Crippen LogP contribution in [0.1, 0.15) is 40.9 Å². The first kappa shape index (κ1) is 22.3. The Labute approximate surface area is 171 Å². The minimum Gasteiger partial charge on any atom is -0.457 e. The molecule has 7 heteroatoms. The molecule has 0 aliphatic rings. The van der Waals surface area contributed by atoms with Crippen LogP contribution in [0.25, 0.3) is 5.57 Å². The van der Waals surface area contributed by atoms with Gasteiger partial charge in [-0.1, -0.05) is 30.8 Å². The molecule has 0 fully saturated rings. The summed E-state index contributed by atoms with van der Waals surface area (Å²) in [5.41, 5.74) is 0.291. The molecule has 2 aromatic rings. The molecule has 0 radical (unpaired) electrons. The van der Waals surface area contributed by atoms with Gasteiger partial charge in [-0.15, -0.1) is 23.2 Å². The van der Waals surface area contributed by atoms with Gasteiger partial charge in [-0.25, -0.2) is 4.79 Å². The van der Waals surface area contributed by atoms with Gasteiger partial charge in [0, 0.05) is 0 Å². The molecule has 2 atom stereocenters. The topological polar surface area (TPSA) is 26.3 Å². The fraction of sp³-hybridized carbons (Fsp3) is 0.286. The summed E-state index contributed by atoms with van der Waals surface area (Å²) >= 11 is 12.6. The number of rotatable bonds is 6. The number of carbonyl (C=O) groups excluding carboxylic acids is 1. The number of halogens is 5. The van der Waals surface area contributed by atoms with E-state index < -0.39 is 28.0 Å². The van der Waals surface area contributed by atoms with Gasteiger partial charge in [-0.3, -0.25) is 0 Å². The van der Waals surface area contributed by atoms with Gasteiger partial charge in [0.25, 0.3) is 0 Å². The zero-order valence-corrected chi connectivity index (χ0v) is 16.8. The van der Waals surface area contributed by atoms with Gasteiger partial charge in [0.1, 0.15) is 6.61 Å². The molecule has 0 heterocycles. The molecule has 1 unspecified atom stereocenters. The number of allylic oxidation sites excluding steroid dienone is 1. The van der Waals surface area contributed by atoms with Crippen molar-refractivity contribution in [2.24, 2.45) is 0 Å². The summed E-state index contributed by atoms with van der Waals surface area (Å²) < 4.78 is 44.7. The Morgan fingerprint density at radius 2 is 1.79 bits per heavy atom. The van der Waals surface area contributed by atoms with E-state index in [0.717, 1.165) is 12.1 Å². The van der Waals surface area contributed by atoms with Crippen LogP contribution < -0.4 is 0 Å². The molecule has 0 bridgehead atoms. The molecule has 0 saturated heterocycles. The van der Waals surface area contributed by atoms with Crippen molar-refractivity contribution in [2.75, 3.05) is 0 Å². The summed E-state index contributed by atoms with van der Waals surface area (Å²) in [7, 11) is 0. The van der Waals surface area contributed by atoms with Gasteiger partial charge in [0.2, 0.25) is 0 Å². The molecular weight excluding hydrogens is 412 g/mol. The third-order valence-corrected chi connectivity index (χ3v) is 5.57. The Kier molecular flexibility index (Phi) is 6.84. The maximum Gasteiger partial charge on any atom is 0.416 e. The van der Waals surface area contributed by atoms with E-state index in [2.05, 4.69) is 6.58 Å². The molecular formula is C21H19Cl2F3O2. The molecule has 0 aliphatic carbocycles. The van der Waals surface area contributed by atoms with Gasteiger partial charge in [-0.2, -0.15) is 13.2 Å². The SMILES string of the molecule is C=C(c1ccc(C(F)(F)F)cc1COC(=O)c1ccccc1)C(C)(Cl)[C@H](C)Cl. The summed E-state index contributed by atoms with van der Waals surface area (Å²) in [6.45, 7) is 6.85. The number of carbonyl (C=O) groups is 1. The summed E-state index contributed by atoms with van der Waals surface area (Å²) in [4.78, 5) is 11.1. The zero-order chi connectivity index (χ0) is 21.1. The lowest BCUT2D eigenvalue weighted by Crippen LogP contribution is -2.28. The van der Waals surface area contributed by atoms with E-state index >= 15 is 0 Å². The first-order valence-corrected chi connectivity index (χ1v) is 9.21. The normalized spacial score (nSPS) is 14.8. The molecule has 0 saturated carbocycles. The van der Waals surface area contributed by atoms with Crippen LogP contribution >= 0.6 is 23.2 Å². The maximum absolute atomic E-state index is 13.1. The van der Waals surface area contributed by atoms with Crippen LogP contribution in [0.2, 0.25) is 0 Å². The minimum absolute atomic E-state index is 0.147. The molecule has 0 amide bonds. The summed E-state index contributed by atoms with van der Waals surface area (Å²) in [5, 5.41) is -0.538. The van der Waals surface area contributed by atoms with E-state index in [4.69, 9.17) is 27.9 Å². The predicted octanol–water partition coefficient (Wildman–Crippen LogP) is 6.70. The number of alkyl halides is 5. The summed E-state index contributed by atoms with van der Waals surface area (Å²) in [6, 6.07) is 11.3. The molecule has 0 N–H and O–H groups in total. The van der Waals surface area contributed by atoms with Crippen molar-refractivity contribution in [3.8, 4) is 0 Å². The van der Waals surface area contributed by atoms with Crippen molar-refractivity contribution in [3.05, 3.63) is 77.4 Å². The lowest BCUT2D eigenvalue weighted by atomic mass is 9.88. The number of ether oxygens (including phenoxy) is 1. The van der Waals surface area contributed by atoms with Crippen molar-refractivity contribution in [2.45, 2.75) is 36.9 Å². The second kappa shape index (κ2) is 8.58. The van der Waals surface area contributed by atoms with Crippen molar-refractivity contribution >= 4 is 34.7 Å². The van der Waals surface area contributed by atoms with Crippen molar-refractivity contribution in [3.63, 3.8) is 0 Å². The van der Waals surface area contributed by atoms with Gasteiger partial charge in [0.15, 0.2) is 0 Å². The highest BCUT2D eigenvalue weighted by Gasteiger charge is 2.35. The zero-order valence-electron chi connectivity index (χ0n) is 15.3. The highest BCUT2D eigenvalue weighted by molar-refractivity contribution is 6.37. The van der Waals surface area contributed by atoms with E-state index in [1.165, 1.54) is 6.07 Å². The van der Waals surface area contributed by atoms with Gasteiger partial charge in [0.05, 0.1) is 21.4 Å². The molecule has 2 aromatic carbocycles. The Morgan fingerprint density at radius 1 is 1.18 bits per heavy atom.